The third kappa shape index (κ3) is 5.22. The lowest BCUT2D eigenvalue weighted by Gasteiger charge is -2.12. The third-order valence-corrected chi connectivity index (χ3v) is 4.51. The monoisotopic (exact) mass is 286 g/mol. The molecular weight excluding hydrogens is 256 g/mol. The maximum absolute atomic E-state index is 5.90. The summed E-state index contributed by atoms with van der Waals surface area (Å²) >= 11 is 0. The Morgan fingerprint density at radius 2 is 1.90 bits per heavy atom. The molecular formula is C20H30O. The number of rotatable bonds is 8. The molecule has 1 fully saturated rings. The molecule has 1 unspecified atom stereocenters. The molecule has 1 saturated carbocycles. The molecule has 1 aliphatic carbocycles. The first kappa shape index (κ1) is 16.1. The molecule has 1 heteroatoms. The van der Waals surface area contributed by atoms with Crippen LogP contribution >= 0.6 is 0 Å². The smallest absolute Gasteiger partial charge is 0.126 e. The van der Waals surface area contributed by atoms with E-state index in [0.717, 1.165) is 18.1 Å². The minimum absolute atomic E-state index is 0.774. The summed E-state index contributed by atoms with van der Waals surface area (Å²) in [5, 5.41) is 0. The first-order valence-electron chi connectivity index (χ1n) is 8.78. The van der Waals surface area contributed by atoms with Gasteiger partial charge in [-0.1, -0.05) is 51.7 Å². The first-order valence-corrected chi connectivity index (χ1v) is 8.78. The van der Waals surface area contributed by atoms with Crippen LogP contribution in [0.25, 0.3) is 0 Å². The number of unbranched alkanes of at least 4 members (excludes halogenated alkanes) is 2. The van der Waals surface area contributed by atoms with Crippen LogP contribution < -0.4 is 4.74 Å². The average molecular weight is 286 g/mol. The van der Waals surface area contributed by atoms with Gasteiger partial charge in [0.1, 0.15) is 5.75 Å². The Labute approximate surface area is 130 Å². The van der Waals surface area contributed by atoms with Crippen molar-refractivity contribution in [3.63, 3.8) is 0 Å². The number of allylic oxidation sites excluding steroid dienone is 1. The van der Waals surface area contributed by atoms with E-state index in [4.69, 9.17) is 4.74 Å². The van der Waals surface area contributed by atoms with E-state index in [1.165, 1.54) is 62.5 Å². The first-order chi connectivity index (χ1) is 10.3. The maximum Gasteiger partial charge on any atom is 0.126 e. The Morgan fingerprint density at radius 1 is 1.10 bits per heavy atom. The van der Waals surface area contributed by atoms with Crippen LogP contribution in [0.2, 0.25) is 0 Å². The highest BCUT2D eigenvalue weighted by Crippen LogP contribution is 2.35. The number of benzene rings is 1. The van der Waals surface area contributed by atoms with Crippen molar-refractivity contribution in [2.45, 2.75) is 71.6 Å². The molecule has 0 aromatic heterocycles. The van der Waals surface area contributed by atoms with Crippen LogP contribution in [0, 0.1) is 5.92 Å². The van der Waals surface area contributed by atoms with Crippen molar-refractivity contribution < 1.29 is 4.74 Å². The van der Waals surface area contributed by atoms with E-state index in [2.05, 4.69) is 38.1 Å². The molecule has 0 N–H and O–H groups in total. The Balaban J connectivity index is 1.86. The Bertz CT molecular complexity index is 430. The van der Waals surface area contributed by atoms with Gasteiger partial charge in [-0.2, -0.15) is 0 Å². The topological polar surface area (TPSA) is 9.23 Å². The minimum atomic E-state index is 0.774. The molecule has 0 radical (unpaired) electrons. The molecule has 1 aromatic carbocycles. The average Bonchev–Trinajstić information content (AvgIpc) is 2.95. The SMILES string of the molecule is CCCCCC1CCCC1=COc1ccc(CCC)cc1. The Hall–Kier alpha value is -1.24. The largest absolute Gasteiger partial charge is 0.465 e. The highest BCUT2D eigenvalue weighted by atomic mass is 16.5. The molecule has 1 aliphatic rings. The van der Waals surface area contributed by atoms with Crippen molar-refractivity contribution in [1.29, 1.82) is 0 Å². The van der Waals surface area contributed by atoms with Crippen molar-refractivity contribution in [1.82, 2.24) is 0 Å². The number of hydrogen-bond donors (Lipinski definition) is 0. The molecule has 2 rings (SSSR count). The molecule has 116 valence electrons. The van der Waals surface area contributed by atoms with Gasteiger partial charge in [0.05, 0.1) is 6.26 Å². The lowest BCUT2D eigenvalue weighted by molar-refractivity contribution is 0.455. The highest BCUT2D eigenvalue weighted by Gasteiger charge is 2.20. The fourth-order valence-electron chi connectivity index (χ4n) is 3.23. The van der Waals surface area contributed by atoms with Crippen LogP contribution in [0.1, 0.15) is 70.8 Å². The summed E-state index contributed by atoms with van der Waals surface area (Å²) in [5.74, 6) is 1.75. The van der Waals surface area contributed by atoms with E-state index >= 15 is 0 Å². The molecule has 1 aromatic rings. The van der Waals surface area contributed by atoms with Crippen molar-refractivity contribution >= 4 is 0 Å². The fraction of sp³-hybridized carbons (Fsp3) is 0.600. The third-order valence-electron chi connectivity index (χ3n) is 4.51. The zero-order chi connectivity index (χ0) is 14.9. The predicted molar refractivity (Wildman–Crippen MR) is 90.6 cm³/mol. The number of hydrogen-bond acceptors (Lipinski definition) is 1. The van der Waals surface area contributed by atoms with E-state index in [9.17, 15) is 0 Å². The van der Waals surface area contributed by atoms with E-state index in [1.807, 2.05) is 6.26 Å². The van der Waals surface area contributed by atoms with Crippen LogP contribution in [-0.2, 0) is 6.42 Å². The zero-order valence-corrected chi connectivity index (χ0v) is 13.7. The fourth-order valence-corrected chi connectivity index (χ4v) is 3.23. The zero-order valence-electron chi connectivity index (χ0n) is 13.7. The molecule has 21 heavy (non-hydrogen) atoms. The van der Waals surface area contributed by atoms with Gasteiger partial charge in [0.25, 0.3) is 0 Å². The second-order valence-corrected chi connectivity index (χ2v) is 6.29. The summed E-state index contributed by atoms with van der Waals surface area (Å²) in [6, 6.07) is 8.57. The second kappa shape index (κ2) is 8.92. The van der Waals surface area contributed by atoms with Crippen molar-refractivity contribution in [3.8, 4) is 5.75 Å². The summed E-state index contributed by atoms with van der Waals surface area (Å²) in [6.45, 7) is 4.49. The Morgan fingerprint density at radius 3 is 2.62 bits per heavy atom. The van der Waals surface area contributed by atoms with E-state index < -0.39 is 0 Å². The van der Waals surface area contributed by atoms with Crippen LogP contribution in [0.4, 0.5) is 0 Å². The summed E-state index contributed by atoms with van der Waals surface area (Å²) < 4.78 is 5.90. The van der Waals surface area contributed by atoms with Crippen LogP contribution in [0.5, 0.6) is 5.75 Å². The Kier molecular flexibility index (Phi) is 6.85. The summed E-state index contributed by atoms with van der Waals surface area (Å²) in [6.07, 6.45) is 13.7. The summed E-state index contributed by atoms with van der Waals surface area (Å²) in [7, 11) is 0. The van der Waals surface area contributed by atoms with Gasteiger partial charge in [-0.15, -0.1) is 0 Å². The van der Waals surface area contributed by atoms with Crippen LogP contribution in [-0.4, -0.2) is 0 Å². The lowest BCUT2D eigenvalue weighted by atomic mass is 9.96. The van der Waals surface area contributed by atoms with E-state index in [1.54, 1.807) is 0 Å². The second-order valence-electron chi connectivity index (χ2n) is 6.29. The molecule has 0 spiro atoms. The number of aryl methyl sites for hydroxylation is 1. The van der Waals surface area contributed by atoms with Crippen molar-refractivity contribution in [3.05, 3.63) is 41.7 Å². The minimum Gasteiger partial charge on any atom is -0.465 e. The van der Waals surface area contributed by atoms with Gasteiger partial charge >= 0.3 is 0 Å². The van der Waals surface area contributed by atoms with Gasteiger partial charge in [-0.25, -0.2) is 0 Å². The molecule has 1 nitrogen and oxygen atoms in total. The van der Waals surface area contributed by atoms with E-state index in [-0.39, 0.29) is 0 Å². The summed E-state index contributed by atoms with van der Waals surface area (Å²) in [4.78, 5) is 0. The predicted octanol–water partition coefficient (Wildman–Crippen LogP) is 6.28. The molecule has 1 atom stereocenters. The van der Waals surface area contributed by atoms with Gasteiger partial charge in [0.2, 0.25) is 0 Å². The van der Waals surface area contributed by atoms with Gasteiger partial charge in [0.15, 0.2) is 0 Å². The number of ether oxygens (including phenoxy) is 1. The molecule has 0 amide bonds. The van der Waals surface area contributed by atoms with Gasteiger partial charge in [0, 0.05) is 0 Å². The standard InChI is InChI=1S/C20H30O/c1-3-5-6-9-18-10-7-11-19(18)16-21-20-14-12-17(8-4-2)13-15-20/h12-16,18H,3-11H2,1-2H3. The van der Waals surface area contributed by atoms with Gasteiger partial charge < -0.3 is 4.74 Å². The van der Waals surface area contributed by atoms with Gasteiger partial charge in [-0.3, -0.25) is 0 Å². The summed E-state index contributed by atoms with van der Waals surface area (Å²) in [5.41, 5.74) is 2.93. The molecule has 0 heterocycles. The highest BCUT2D eigenvalue weighted by molar-refractivity contribution is 5.28. The van der Waals surface area contributed by atoms with Crippen LogP contribution in [0.3, 0.4) is 0 Å². The molecule has 0 saturated heterocycles. The quantitative estimate of drug-likeness (QED) is 0.403. The van der Waals surface area contributed by atoms with Gasteiger partial charge in [-0.05, 0) is 61.3 Å². The normalized spacial score (nSPS) is 20.1. The molecule has 0 aliphatic heterocycles. The maximum atomic E-state index is 5.90. The lowest BCUT2D eigenvalue weighted by Crippen LogP contribution is -1.98. The molecule has 0 bridgehead atoms. The van der Waals surface area contributed by atoms with E-state index in [0.29, 0.717) is 0 Å². The van der Waals surface area contributed by atoms with Crippen molar-refractivity contribution in [2.75, 3.05) is 0 Å². The van der Waals surface area contributed by atoms with Crippen LogP contribution in [0.15, 0.2) is 36.1 Å². The van der Waals surface area contributed by atoms with Crippen molar-refractivity contribution in [2.24, 2.45) is 5.92 Å².